The van der Waals surface area contributed by atoms with Crippen LogP contribution in [-0.4, -0.2) is 16.1 Å². The van der Waals surface area contributed by atoms with Crippen LogP contribution in [0.1, 0.15) is 16.1 Å². The van der Waals surface area contributed by atoms with Gasteiger partial charge in [-0.2, -0.15) is 5.10 Å². The Bertz CT molecular complexity index is 596. The lowest BCUT2D eigenvalue weighted by atomic mass is 10.2. The predicted molar refractivity (Wildman–Crippen MR) is 62.5 cm³/mol. The quantitative estimate of drug-likeness (QED) is 0.349. The number of aromatic nitrogens is 2. The topological polar surface area (TPSA) is 83.7 Å². The first-order valence-electron chi connectivity index (χ1n) is 4.93. The summed E-state index contributed by atoms with van der Waals surface area (Å²) in [5.41, 5.74) is 10.1. The molecular formula is C11H9N5O. The van der Waals surface area contributed by atoms with E-state index in [1.807, 2.05) is 30.3 Å². The Balaban J connectivity index is 2.70. The Morgan fingerprint density at radius 3 is 2.71 bits per heavy atom. The highest BCUT2D eigenvalue weighted by atomic mass is 16.1. The number of benzene rings is 1. The molecule has 0 fully saturated rings. The summed E-state index contributed by atoms with van der Waals surface area (Å²) in [6, 6.07) is 9.18. The lowest BCUT2D eigenvalue weighted by Crippen LogP contribution is -1.95. The van der Waals surface area contributed by atoms with Gasteiger partial charge in [0.2, 0.25) is 0 Å². The number of hydrogen-bond acceptors (Lipinski definition) is 3. The van der Waals surface area contributed by atoms with E-state index in [4.69, 9.17) is 5.53 Å². The van der Waals surface area contributed by atoms with Crippen molar-refractivity contribution in [3.63, 3.8) is 0 Å². The summed E-state index contributed by atoms with van der Waals surface area (Å²) in [5, 5.41) is 7.72. The van der Waals surface area contributed by atoms with E-state index < -0.39 is 0 Å². The second-order valence-electron chi connectivity index (χ2n) is 3.38. The zero-order chi connectivity index (χ0) is 12.3. The fourth-order valence-electron chi connectivity index (χ4n) is 1.55. The molecule has 0 bridgehead atoms. The van der Waals surface area contributed by atoms with E-state index in [1.54, 1.807) is 6.92 Å². The molecule has 17 heavy (non-hydrogen) atoms. The lowest BCUT2D eigenvalue weighted by Gasteiger charge is -2.02. The Kier molecular flexibility index (Phi) is 2.89. The van der Waals surface area contributed by atoms with Crippen LogP contribution in [0.15, 0.2) is 35.4 Å². The highest BCUT2D eigenvalue weighted by Gasteiger charge is 2.14. The van der Waals surface area contributed by atoms with Gasteiger partial charge in [0.25, 0.3) is 0 Å². The predicted octanol–water partition coefficient (Wildman–Crippen LogP) is 2.94. The zero-order valence-corrected chi connectivity index (χ0v) is 9.11. The number of rotatable bonds is 3. The monoisotopic (exact) mass is 227 g/mol. The van der Waals surface area contributed by atoms with Gasteiger partial charge in [-0.3, -0.25) is 4.79 Å². The Hall–Kier alpha value is -2.59. The fourth-order valence-corrected chi connectivity index (χ4v) is 1.55. The second-order valence-corrected chi connectivity index (χ2v) is 3.38. The van der Waals surface area contributed by atoms with E-state index in [-0.39, 0.29) is 5.82 Å². The van der Waals surface area contributed by atoms with Crippen molar-refractivity contribution < 1.29 is 4.79 Å². The molecule has 1 aromatic carbocycles. The smallest absolute Gasteiger partial charge is 0.153 e. The van der Waals surface area contributed by atoms with Crippen LogP contribution in [0, 0.1) is 6.92 Å². The number of nitrogens with zero attached hydrogens (tertiary/aromatic N) is 5. The lowest BCUT2D eigenvalue weighted by molar-refractivity contribution is 0.112. The van der Waals surface area contributed by atoms with Crippen molar-refractivity contribution in [2.75, 3.05) is 0 Å². The van der Waals surface area contributed by atoms with E-state index >= 15 is 0 Å². The van der Waals surface area contributed by atoms with Gasteiger partial charge in [0.15, 0.2) is 6.29 Å². The van der Waals surface area contributed by atoms with Crippen LogP contribution in [0.5, 0.6) is 0 Å². The van der Waals surface area contributed by atoms with Crippen LogP contribution in [-0.2, 0) is 0 Å². The van der Waals surface area contributed by atoms with Crippen molar-refractivity contribution >= 4 is 12.1 Å². The molecule has 0 amide bonds. The third-order valence-corrected chi connectivity index (χ3v) is 2.34. The normalized spacial score (nSPS) is 9.71. The molecule has 0 N–H and O–H groups in total. The van der Waals surface area contributed by atoms with Gasteiger partial charge in [0.1, 0.15) is 5.82 Å². The highest BCUT2D eigenvalue weighted by molar-refractivity contribution is 5.83. The molecular weight excluding hydrogens is 218 g/mol. The molecule has 0 aliphatic carbocycles. The van der Waals surface area contributed by atoms with Crippen molar-refractivity contribution in [1.29, 1.82) is 0 Å². The van der Waals surface area contributed by atoms with Gasteiger partial charge < -0.3 is 0 Å². The minimum atomic E-state index is 0.214. The number of azide groups is 1. The molecule has 6 nitrogen and oxygen atoms in total. The van der Waals surface area contributed by atoms with Gasteiger partial charge in [0, 0.05) is 4.91 Å². The van der Waals surface area contributed by atoms with Crippen LogP contribution < -0.4 is 0 Å². The molecule has 0 atom stereocenters. The standard InChI is InChI=1S/C11H9N5O/c1-8-10(7-17)11(13-15-12)16(14-8)9-5-3-2-4-6-9/h2-7H,1H3. The maximum Gasteiger partial charge on any atom is 0.153 e. The summed E-state index contributed by atoms with van der Waals surface area (Å²) in [6.45, 7) is 1.69. The summed E-state index contributed by atoms with van der Waals surface area (Å²) >= 11 is 0. The van der Waals surface area contributed by atoms with Crippen molar-refractivity contribution in [1.82, 2.24) is 9.78 Å². The summed E-state index contributed by atoms with van der Waals surface area (Å²) in [4.78, 5) is 13.7. The van der Waals surface area contributed by atoms with E-state index in [0.29, 0.717) is 17.5 Å². The van der Waals surface area contributed by atoms with Crippen LogP contribution >= 0.6 is 0 Å². The number of para-hydroxylation sites is 1. The third-order valence-electron chi connectivity index (χ3n) is 2.34. The van der Waals surface area contributed by atoms with Gasteiger partial charge in [-0.15, -0.1) is 0 Å². The molecule has 0 aliphatic rings. The largest absolute Gasteiger partial charge is 0.298 e. The van der Waals surface area contributed by atoms with Gasteiger partial charge in [-0.1, -0.05) is 18.2 Å². The minimum Gasteiger partial charge on any atom is -0.298 e. The van der Waals surface area contributed by atoms with Crippen LogP contribution in [0.2, 0.25) is 0 Å². The highest BCUT2D eigenvalue weighted by Crippen LogP contribution is 2.24. The molecule has 0 saturated heterocycles. The van der Waals surface area contributed by atoms with E-state index in [9.17, 15) is 4.79 Å². The SMILES string of the molecule is Cc1nn(-c2ccccc2)c(N=[N+]=[N-])c1C=O. The first-order chi connectivity index (χ1) is 8.27. The van der Waals surface area contributed by atoms with Gasteiger partial charge >= 0.3 is 0 Å². The minimum absolute atomic E-state index is 0.214. The molecule has 1 aromatic heterocycles. The van der Waals surface area contributed by atoms with Gasteiger partial charge in [-0.05, 0) is 29.7 Å². The first-order valence-corrected chi connectivity index (χ1v) is 4.93. The summed E-state index contributed by atoms with van der Waals surface area (Å²) in [7, 11) is 0. The average Bonchev–Trinajstić information content (AvgIpc) is 2.67. The van der Waals surface area contributed by atoms with Crippen molar-refractivity contribution in [3.8, 4) is 5.69 Å². The van der Waals surface area contributed by atoms with E-state index in [0.717, 1.165) is 5.69 Å². The molecule has 0 spiro atoms. The molecule has 84 valence electrons. The molecule has 0 radical (unpaired) electrons. The maximum atomic E-state index is 10.9. The number of aryl methyl sites for hydroxylation is 1. The summed E-state index contributed by atoms with van der Waals surface area (Å²) in [6.07, 6.45) is 0.645. The second kappa shape index (κ2) is 4.51. The molecule has 2 rings (SSSR count). The van der Waals surface area contributed by atoms with Crippen molar-refractivity contribution in [2.24, 2.45) is 5.11 Å². The first kappa shape index (κ1) is 10.9. The van der Waals surface area contributed by atoms with Crippen LogP contribution in [0.3, 0.4) is 0 Å². The molecule has 0 unspecified atom stereocenters. The number of aldehydes is 1. The van der Waals surface area contributed by atoms with Gasteiger partial charge in [-0.25, -0.2) is 4.68 Å². The molecule has 2 aromatic rings. The summed E-state index contributed by atoms with van der Waals surface area (Å²) < 4.78 is 1.46. The summed E-state index contributed by atoms with van der Waals surface area (Å²) in [5.74, 6) is 0.214. The molecule has 0 saturated carbocycles. The average molecular weight is 227 g/mol. The Morgan fingerprint density at radius 1 is 1.41 bits per heavy atom. The fraction of sp³-hybridized carbons (Fsp3) is 0.0909. The molecule has 6 heteroatoms. The van der Waals surface area contributed by atoms with Gasteiger partial charge in [0.05, 0.1) is 16.9 Å². The Labute approximate surface area is 97.1 Å². The van der Waals surface area contributed by atoms with Crippen LogP contribution in [0.25, 0.3) is 16.1 Å². The maximum absolute atomic E-state index is 10.9. The van der Waals surface area contributed by atoms with E-state index in [1.165, 1.54) is 4.68 Å². The number of hydrogen-bond donors (Lipinski definition) is 0. The molecule has 1 heterocycles. The zero-order valence-electron chi connectivity index (χ0n) is 9.11. The van der Waals surface area contributed by atoms with Crippen LogP contribution in [0.4, 0.5) is 5.82 Å². The van der Waals surface area contributed by atoms with Crippen molar-refractivity contribution in [2.45, 2.75) is 6.92 Å². The Morgan fingerprint density at radius 2 is 2.12 bits per heavy atom. The van der Waals surface area contributed by atoms with Crippen molar-refractivity contribution in [3.05, 3.63) is 52.0 Å². The van der Waals surface area contributed by atoms with E-state index in [2.05, 4.69) is 15.1 Å². The number of carbonyl (C=O) groups excluding carboxylic acids is 1. The number of carbonyl (C=O) groups is 1. The third kappa shape index (κ3) is 1.89. The molecule has 0 aliphatic heterocycles.